The lowest BCUT2D eigenvalue weighted by atomic mass is 10.1. The predicted molar refractivity (Wildman–Crippen MR) is 108 cm³/mol. The number of hydrogen-bond donors (Lipinski definition) is 1. The van der Waals surface area contributed by atoms with Gasteiger partial charge < -0.3 is 9.88 Å². The number of rotatable bonds is 5. The third kappa shape index (κ3) is 3.50. The van der Waals surface area contributed by atoms with Crippen molar-refractivity contribution in [1.82, 2.24) is 25.1 Å². The molecular weight excluding hydrogens is 358 g/mol. The summed E-state index contributed by atoms with van der Waals surface area (Å²) < 4.78 is 2.00. The quantitative estimate of drug-likeness (QED) is 0.539. The molecule has 0 aliphatic rings. The number of carbonyl (C=O) groups excluding carboxylic acids is 1. The Kier molecular flexibility index (Phi) is 4.77. The summed E-state index contributed by atoms with van der Waals surface area (Å²) in [6, 6.07) is 17.9. The van der Waals surface area contributed by atoms with Crippen LogP contribution in [0.5, 0.6) is 0 Å². The number of nitrogens with one attached hydrogen (secondary N) is 1. The van der Waals surface area contributed by atoms with E-state index in [0.29, 0.717) is 5.16 Å². The maximum atomic E-state index is 12.3. The molecule has 27 heavy (non-hydrogen) atoms. The van der Waals surface area contributed by atoms with E-state index in [4.69, 9.17) is 0 Å². The van der Waals surface area contributed by atoms with E-state index in [1.807, 2.05) is 73.1 Å². The van der Waals surface area contributed by atoms with E-state index in [1.165, 1.54) is 11.8 Å². The van der Waals surface area contributed by atoms with Gasteiger partial charge in [-0.25, -0.2) is 4.98 Å². The summed E-state index contributed by atoms with van der Waals surface area (Å²) in [7, 11) is 1.96. The molecule has 0 aliphatic heterocycles. The van der Waals surface area contributed by atoms with Gasteiger partial charge in [0.05, 0.1) is 17.3 Å². The first-order valence-corrected chi connectivity index (χ1v) is 9.67. The molecule has 0 bridgehead atoms. The van der Waals surface area contributed by atoms with Crippen LogP contribution in [0.2, 0.25) is 0 Å². The van der Waals surface area contributed by atoms with Gasteiger partial charge in [0.25, 0.3) is 0 Å². The first kappa shape index (κ1) is 17.5. The molecule has 1 amide bonds. The normalized spacial score (nSPS) is 12.4. The second kappa shape index (κ2) is 7.36. The second-order valence-electron chi connectivity index (χ2n) is 6.33. The van der Waals surface area contributed by atoms with Gasteiger partial charge in [-0.1, -0.05) is 60.3 Å². The molecule has 0 spiro atoms. The monoisotopic (exact) mass is 377 g/mol. The number of para-hydroxylation sites is 1. The van der Waals surface area contributed by atoms with Gasteiger partial charge in [0.2, 0.25) is 11.1 Å². The molecule has 2 aromatic heterocycles. The lowest BCUT2D eigenvalue weighted by molar-refractivity contribution is -0.119. The number of amides is 1. The molecule has 0 aliphatic carbocycles. The molecule has 136 valence electrons. The largest absolute Gasteiger partial charge is 0.349 e. The topological polar surface area (TPSA) is 72.7 Å². The predicted octanol–water partition coefficient (Wildman–Crippen LogP) is 3.49. The zero-order valence-corrected chi connectivity index (χ0v) is 15.9. The first-order chi connectivity index (χ1) is 13.1. The Morgan fingerprint density at radius 3 is 2.67 bits per heavy atom. The van der Waals surface area contributed by atoms with Crippen LogP contribution < -0.4 is 5.32 Å². The summed E-state index contributed by atoms with van der Waals surface area (Å²) in [4.78, 5) is 16.9. The van der Waals surface area contributed by atoms with Crippen molar-refractivity contribution in [2.75, 3.05) is 5.75 Å². The summed E-state index contributed by atoms with van der Waals surface area (Å²) in [6.45, 7) is 1.97. The number of aromatic nitrogens is 4. The molecule has 1 atom stereocenters. The van der Waals surface area contributed by atoms with Crippen LogP contribution in [0, 0.1) is 0 Å². The Morgan fingerprint density at radius 2 is 1.85 bits per heavy atom. The fraction of sp³-hybridized carbons (Fsp3) is 0.200. The highest BCUT2D eigenvalue weighted by Crippen LogP contribution is 2.25. The summed E-state index contributed by atoms with van der Waals surface area (Å²) >= 11 is 1.29. The lowest BCUT2D eigenvalue weighted by Gasteiger charge is -2.13. The highest BCUT2D eigenvalue weighted by atomic mass is 32.2. The van der Waals surface area contributed by atoms with Crippen molar-refractivity contribution in [3.63, 3.8) is 0 Å². The number of carbonyl (C=O) groups is 1. The fourth-order valence-electron chi connectivity index (χ4n) is 3.09. The van der Waals surface area contributed by atoms with Crippen molar-refractivity contribution in [2.24, 2.45) is 7.05 Å². The third-order valence-electron chi connectivity index (χ3n) is 4.50. The minimum Gasteiger partial charge on any atom is -0.349 e. The van der Waals surface area contributed by atoms with Crippen molar-refractivity contribution >= 4 is 39.7 Å². The Hall–Kier alpha value is -2.93. The Labute approximate surface area is 161 Å². The highest BCUT2D eigenvalue weighted by Gasteiger charge is 2.14. The van der Waals surface area contributed by atoms with E-state index in [-0.39, 0.29) is 17.7 Å². The van der Waals surface area contributed by atoms with E-state index in [0.717, 1.165) is 27.6 Å². The average molecular weight is 377 g/mol. The number of aryl methyl sites for hydroxylation is 1. The molecule has 2 heterocycles. The van der Waals surface area contributed by atoms with Crippen LogP contribution in [0.1, 0.15) is 18.5 Å². The third-order valence-corrected chi connectivity index (χ3v) is 5.33. The molecule has 1 N–H and O–H groups in total. The number of fused-ring (bicyclic) bond motifs is 3. The van der Waals surface area contributed by atoms with Gasteiger partial charge in [-0.3, -0.25) is 4.79 Å². The summed E-state index contributed by atoms with van der Waals surface area (Å²) in [5.41, 5.74) is 3.68. The van der Waals surface area contributed by atoms with Gasteiger partial charge in [-0.05, 0) is 18.6 Å². The minimum atomic E-state index is -0.0582. The van der Waals surface area contributed by atoms with E-state index >= 15 is 0 Å². The molecule has 0 saturated carbocycles. The molecule has 0 fully saturated rings. The van der Waals surface area contributed by atoms with Gasteiger partial charge >= 0.3 is 0 Å². The number of hydrogen-bond acceptors (Lipinski definition) is 5. The van der Waals surface area contributed by atoms with Gasteiger partial charge in [0.15, 0.2) is 5.65 Å². The van der Waals surface area contributed by atoms with Crippen molar-refractivity contribution in [3.8, 4) is 0 Å². The van der Waals surface area contributed by atoms with Gasteiger partial charge in [-0.15, -0.1) is 10.2 Å². The van der Waals surface area contributed by atoms with E-state index in [9.17, 15) is 4.79 Å². The summed E-state index contributed by atoms with van der Waals surface area (Å²) in [5, 5.41) is 13.0. The Bertz CT molecular complexity index is 1110. The maximum Gasteiger partial charge on any atom is 0.230 e. The fourth-order valence-corrected chi connectivity index (χ4v) is 3.68. The minimum absolute atomic E-state index is 0.0426. The van der Waals surface area contributed by atoms with Crippen molar-refractivity contribution in [1.29, 1.82) is 0 Å². The summed E-state index contributed by atoms with van der Waals surface area (Å²) in [6.07, 6.45) is 0. The van der Waals surface area contributed by atoms with Gasteiger partial charge in [-0.2, -0.15) is 0 Å². The van der Waals surface area contributed by atoms with Crippen molar-refractivity contribution in [3.05, 3.63) is 60.2 Å². The lowest BCUT2D eigenvalue weighted by Crippen LogP contribution is -2.28. The zero-order chi connectivity index (χ0) is 18.8. The van der Waals surface area contributed by atoms with E-state index in [2.05, 4.69) is 20.5 Å². The molecule has 7 heteroatoms. The molecule has 1 unspecified atom stereocenters. The summed E-state index contributed by atoms with van der Waals surface area (Å²) in [5.74, 6) is 0.186. The standard InChI is InChI=1S/C20H19N5OS/c1-13(14-8-4-3-5-9-14)21-17(26)12-27-20-22-19-18(23-24-20)15-10-6-7-11-16(15)25(19)2/h3-11,13H,12H2,1-2H3,(H,21,26). The number of nitrogens with zero attached hydrogens (tertiary/aromatic N) is 4. The van der Waals surface area contributed by atoms with Crippen LogP contribution in [-0.4, -0.2) is 31.4 Å². The van der Waals surface area contributed by atoms with Crippen molar-refractivity contribution in [2.45, 2.75) is 18.1 Å². The molecule has 0 saturated heterocycles. The van der Waals surface area contributed by atoms with Crippen LogP contribution in [0.15, 0.2) is 59.8 Å². The molecule has 4 rings (SSSR count). The Balaban J connectivity index is 1.46. The van der Waals surface area contributed by atoms with Crippen LogP contribution in [0.3, 0.4) is 0 Å². The van der Waals surface area contributed by atoms with Crippen LogP contribution in [0.25, 0.3) is 22.1 Å². The average Bonchev–Trinajstić information content (AvgIpc) is 2.99. The Morgan fingerprint density at radius 1 is 1.11 bits per heavy atom. The maximum absolute atomic E-state index is 12.3. The molecule has 4 aromatic rings. The van der Waals surface area contributed by atoms with Gasteiger partial charge in [0, 0.05) is 12.4 Å². The first-order valence-electron chi connectivity index (χ1n) is 8.68. The smallest absolute Gasteiger partial charge is 0.230 e. The van der Waals surface area contributed by atoms with Crippen LogP contribution >= 0.6 is 11.8 Å². The van der Waals surface area contributed by atoms with Crippen LogP contribution in [0.4, 0.5) is 0 Å². The number of benzene rings is 2. The van der Waals surface area contributed by atoms with E-state index < -0.39 is 0 Å². The van der Waals surface area contributed by atoms with Gasteiger partial charge in [0.1, 0.15) is 5.52 Å². The van der Waals surface area contributed by atoms with Crippen LogP contribution in [-0.2, 0) is 11.8 Å². The highest BCUT2D eigenvalue weighted by molar-refractivity contribution is 7.99. The molecule has 2 aromatic carbocycles. The van der Waals surface area contributed by atoms with Crippen molar-refractivity contribution < 1.29 is 4.79 Å². The SMILES string of the molecule is CC(NC(=O)CSc1nnc2c3ccccc3n(C)c2n1)c1ccccc1. The second-order valence-corrected chi connectivity index (χ2v) is 7.27. The molecular formula is C20H19N5OS. The molecule has 6 nitrogen and oxygen atoms in total. The zero-order valence-electron chi connectivity index (χ0n) is 15.1. The van der Waals surface area contributed by atoms with E-state index in [1.54, 1.807) is 0 Å². The molecule has 0 radical (unpaired) electrons. The number of thioether (sulfide) groups is 1.